The molecule has 0 saturated carbocycles. The van der Waals surface area contributed by atoms with Crippen LogP contribution < -0.4 is 5.32 Å². The fourth-order valence-electron chi connectivity index (χ4n) is 5.11. The summed E-state index contributed by atoms with van der Waals surface area (Å²) < 4.78 is 38.2. The van der Waals surface area contributed by atoms with Crippen molar-refractivity contribution < 1.29 is 42.7 Å². The zero-order chi connectivity index (χ0) is 32.0. The fraction of sp³-hybridized carbons (Fsp3) is 0.600. The van der Waals surface area contributed by atoms with E-state index < -0.39 is 6.09 Å². The van der Waals surface area contributed by atoms with Gasteiger partial charge in [0.15, 0.2) is 0 Å². The highest BCUT2D eigenvalue weighted by Crippen LogP contribution is 2.44. The molecule has 3 rings (SSSR count). The van der Waals surface area contributed by atoms with Crippen molar-refractivity contribution >= 4 is 12.1 Å². The highest BCUT2D eigenvalue weighted by Gasteiger charge is 2.29. The molecule has 10 nitrogen and oxygen atoms in total. The van der Waals surface area contributed by atoms with Gasteiger partial charge in [0.05, 0.1) is 72.0 Å². The van der Waals surface area contributed by atoms with Gasteiger partial charge in [0.2, 0.25) is 0 Å². The maximum atomic E-state index is 12.2. The van der Waals surface area contributed by atoms with Crippen LogP contribution in [0.5, 0.6) is 0 Å². The molecular weight excluding hydrogens is 578 g/mol. The Morgan fingerprint density at radius 3 is 1.67 bits per heavy atom. The molecule has 1 aliphatic rings. The van der Waals surface area contributed by atoms with E-state index in [1.807, 2.05) is 31.2 Å². The van der Waals surface area contributed by atoms with Crippen molar-refractivity contribution in [3.8, 4) is 11.1 Å². The number of rotatable bonds is 25. The van der Waals surface area contributed by atoms with E-state index in [0.717, 1.165) is 25.7 Å². The van der Waals surface area contributed by atoms with Crippen molar-refractivity contribution in [3.63, 3.8) is 0 Å². The largest absolute Gasteiger partial charge is 0.463 e. The van der Waals surface area contributed by atoms with Gasteiger partial charge in [0, 0.05) is 12.5 Å². The lowest BCUT2D eigenvalue weighted by Gasteiger charge is -2.14. The second kappa shape index (κ2) is 22.5. The number of hydrogen-bond acceptors (Lipinski definition) is 9. The molecule has 45 heavy (non-hydrogen) atoms. The summed E-state index contributed by atoms with van der Waals surface area (Å²) in [6, 6.07) is 16.5. The number of amides is 1. The lowest BCUT2D eigenvalue weighted by molar-refractivity contribution is -0.150. The highest BCUT2D eigenvalue weighted by molar-refractivity contribution is 5.79. The van der Waals surface area contributed by atoms with Crippen LogP contribution in [0.4, 0.5) is 4.79 Å². The molecule has 1 N–H and O–H groups in total. The molecule has 1 aliphatic carbocycles. The standard InChI is InChI=1S/C35H51NO9/c1-3-5-10-28(4-2)34(37)44-26-25-43-24-23-42-22-21-41-20-19-40-18-17-39-16-15-36-35(38)45-27-33-31-13-8-6-11-29(31)30-12-7-9-14-32(30)33/h6-9,11-14,28,33H,3-5,10,15-27H2,1-2H3,(H,36,38). The number of benzene rings is 2. The SMILES string of the molecule is CCCCC(CC)C(=O)OCCOCCOCCOCCOCCOCCNC(=O)OCC1c2ccccc2-c2ccccc21. The molecule has 2 aromatic rings. The van der Waals surface area contributed by atoms with Gasteiger partial charge in [-0.1, -0.05) is 75.2 Å². The van der Waals surface area contributed by atoms with Crippen LogP contribution in [0.2, 0.25) is 0 Å². The first-order valence-electron chi connectivity index (χ1n) is 16.3. The number of ether oxygens (including phenoxy) is 7. The molecule has 1 atom stereocenters. The fourth-order valence-corrected chi connectivity index (χ4v) is 5.11. The summed E-state index contributed by atoms with van der Waals surface area (Å²) in [7, 11) is 0. The van der Waals surface area contributed by atoms with E-state index in [1.165, 1.54) is 22.3 Å². The molecule has 0 aliphatic heterocycles. The number of nitrogens with one attached hydrogen (secondary N) is 1. The van der Waals surface area contributed by atoms with Gasteiger partial charge in [0.1, 0.15) is 13.2 Å². The molecule has 250 valence electrons. The summed E-state index contributed by atoms with van der Waals surface area (Å²) >= 11 is 0. The first kappa shape index (κ1) is 36.4. The third kappa shape index (κ3) is 13.5. The predicted molar refractivity (Wildman–Crippen MR) is 171 cm³/mol. The number of unbranched alkanes of at least 4 members (excludes halogenated alkanes) is 1. The Balaban J connectivity index is 1.05. The molecule has 0 bridgehead atoms. The third-order valence-electron chi connectivity index (χ3n) is 7.55. The van der Waals surface area contributed by atoms with Crippen molar-refractivity contribution in [2.75, 3.05) is 85.8 Å². The van der Waals surface area contributed by atoms with Crippen LogP contribution in [-0.4, -0.2) is 97.9 Å². The molecule has 0 heterocycles. The minimum absolute atomic E-state index is 0.00890. The highest BCUT2D eigenvalue weighted by atomic mass is 16.6. The second-order valence-electron chi connectivity index (χ2n) is 10.7. The summed E-state index contributed by atoms with van der Waals surface area (Å²) in [6.45, 7) is 9.40. The number of esters is 1. The van der Waals surface area contributed by atoms with Gasteiger partial charge < -0.3 is 38.5 Å². The summed E-state index contributed by atoms with van der Waals surface area (Å²) in [5.41, 5.74) is 4.77. The van der Waals surface area contributed by atoms with Crippen molar-refractivity contribution in [1.29, 1.82) is 0 Å². The molecule has 1 unspecified atom stereocenters. The first-order valence-corrected chi connectivity index (χ1v) is 16.3. The summed E-state index contributed by atoms with van der Waals surface area (Å²) in [6.07, 6.45) is 3.37. The molecule has 0 spiro atoms. The molecular formula is C35H51NO9. The molecule has 2 aromatic carbocycles. The molecule has 10 heteroatoms. The van der Waals surface area contributed by atoms with E-state index in [9.17, 15) is 9.59 Å². The van der Waals surface area contributed by atoms with Crippen LogP contribution in [0.1, 0.15) is 56.6 Å². The minimum Gasteiger partial charge on any atom is -0.463 e. The van der Waals surface area contributed by atoms with Crippen LogP contribution in [0.15, 0.2) is 48.5 Å². The van der Waals surface area contributed by atoms with Gasteiger partial charge in [-0.05, 0) is 35.1 Å². The quantitative estimate of drug-likeness (QED) is 0.115. The molecule has 0 saturated heterocycles. The van der Waals surface area contributed by atoms with E-state index in [1.54, 1.807) is 0 Å². The Kier molecular flexibility index (Phi) is 18.2. The first-order chi connectivity index (χ1) is 22.2. The monoisotopic (exact) mass is 629 g/mol. The number of fused-ring (bicyclic) bond motifs is 3. The van der Waals surface area contributed by atoms with Gasteiger partial charge in [-0.3, -0.25) is 4.79 Å². The molecule has 0 aromatic heterocycles. The maximum Gasteiger partial charge on any atom is 0.407 e. The Morgan fingerprint density at radius 1 is 0.667 bits per heavy atom. The number of carbonyl (C=O) groups excluding carboxylic acids is 2. The van der Waals surface area contributed by atoms with E-state index >= 15 is 0 Å². The van der Waals surface area contributed by atoms with Crippen LogP contribution in [0.3, 0.4) is 0 Å². The van der Waals surface area contributed by atoms with Crippen molar-refractivity contribution in [2.24, 2.45) is 5.92 Å². The third-order valence-corrected chi connectivity index (χ3v) is 7.55. The van der Waals surface area contributed by atoms with Gasteiger partial charge in [0.25, 0.3) is 0 Å². The van der Waals surface area contributed by atoms with Crippen molar-refractivity contribution in [1.82, 2.24) is 5.32 Å². The van der Waals surface area contributed by atoms with E-state index in [2.05, 4.69) is 36.5 Å². The van der Waals surface area contributed by atoms with Gasteiger partial charge >= 0.3 is 12.1 Å². The lowest BCUT2D eigenvalue weighted by atomic mass is 9.98. The normalized spacial score (nSPS) is 12.8. The second-order valence-corrected chi connectivity index (χ2v) is 10.7. The Labute approximate surface area is 268 Å². The molecule has 0 radical (unpaired) electrons. The van der Waals surface area contributed by atoms with Gasteiger partial charge in [-0.2, -0.15) is 0 Å². The van der Waals surface area contributed by atoms with Crippen LogP contribution in [0, 0.1) is 5.92 Å². The van der Waals surface area contributed by atoms with E-state index in [0.29, 0.717) is 72.6 Å². The van der Waals surface area contributed by atoms with Crippen LogP contribution >= 0.6 is 0 Å². The molecule has 0 fully saturated rings. The lowest BCUT2D eigenvalue weighted by Crippen LogP contribution is -2.29. The number of carbonyl (C=O) groups is 2. The minimum atomic E-state index is -0.453. The average molecular weight is 630 g/mol. The average Bonchev–Trinajstić information content (AvgIpc) is 3.38. The predicted octanol–water partition coefficient (Wildman–Crippen LogP) is 5.37. The smallest absolute Gasteiger partial charge is 0.407 e. The van der Waals surface area contributed by atoms with Crippen LogP contribution in [-0.2, 0) is 38.0 Å². The Bertz CT molecular complexity index is 1070. The maximum absolute atomic E-state index is 12.2. The zero-order valence-corrected chi connectivity index (χ0v) is 27.0. The van der Waals surface area contributed by atoms with E-state index in [4.69, 9.17) is 33.2 Å². The van der Waals surface area contributed by atoms with Gasteiger partial charge in [-0.25, -0.2) is 4.79 Å². The summed E-state index contributed by atoms with van der Waals surface area (Å²) in [4.78, 5) is 24.2. The van der Waals surface area contributed by atoms with E-state index in [-0.39, 0.29) is 31.0 Å². The molecule has 1 amide bonds. The number of alkyl carbamates (subject to hydrolysis) is 1. The summed E-state index contributed by atoms with van der Waals surface area (Å²) in [5.74, 6) is -0.0951. The number of hydrogen-bond donors (Lipinski definition) is 1. The topological polar surface area (TPSA) is 111 Å². The Hall–Kier alpha value is -3.02. The van der Waals surface area contributed by atoms with Gasteiger partial charge in [-0.15, -0.1) is 0 Å². The van der Waals surface area contributed by atoms with Crippen LogP contribution in [0.25, 0.3) is 11.1 Å². The Morgan fingerprint density at radius 2 is 1.16 bits per heavy atom. The van der Waals surface area contributed by atoms with Crippen molar-refractivity contribution in [3.05, 3.63) is 59.7 Å². The van der Waals surface area contributed by atoms with Crippen molar-refractivity contribution in [2.45, 2.75) is 45.4 Å². The zero-order valence-electron chi connectivity index (χ0n) is 27.0. The summed E-state index contributed by atoms with van der Waals surface area (Å²) in [5, 5.41) is 2.74.